The standard InChI is InChI=1S/C22H15ClFNO4/c23-19-10-12(9-17(20(19)24)21(26)27)25-22(28)29-11-18-15-7-3-1-5-13(15)14-6-2-4-8-16(14)18/h1-10,18H,11H2,(H,25,28)(H,26,27). The van der Waals surface area contributed by atoms with Gasteiger partial charge < -0.3 is 9.84 Å². The Morgan fingerprint density at radius 2 is 1.62 bits per heavy atom. The number of carbonyl (C=O) groups is 2. The summed E-state index contributed by atoms with van der Waals surface area (Å²) in [7, 11) is 0. The van der Waals surface area contributed by atoms with E-state index in [0.717, 1.165) is 34.4 Å². The minimum atomic E-state index is -1.49. The number of benzene rings is 3. The van der Waals surface area contributed by atoms with Crippen LogP contribution >= 0.6 is 11.6 Å². The van der Waals surface area contributed by atoms with Crippen molar-refractivity contribution in [1.29, 1.82) is 0 Å². The molecule has 0 unspecified atom stereocenters. The summed E-state index contributed by atoms with van der Waals surface area (Å²) in [6.07, 6.45) is -0.786. The first-order valence-corrected chi connectivity index (χ1v) is 9.18. The van der Waals surface area contributed by atoms with Crippen LogP contribution in [0.1, 0.15) is 27.4 Å². The van der Waals surface area contributed by atoms with E-state index in [2.05, 4.69) is 5.32 Å². The average molecular weight is 412 g/mol. The van der Waals surface area contributed by atoms with Crippen molar-refractivity contribution < 1.29 is 23.8 Å². The lowest BCUT2D eigenvalue weighted by atomic mass is 9.98. The number of anilines is 1. The highest BCUT2D eigenvalue weighted by Gasteiger charge is 2.29. The van der Waals surface area contributed by atoms with Gasteiger partial charge in [-0.25, -0.2) is 14.0 Å². The Hall–Kier alpha value is -3.38. The summed E-state index contributed by atoms with van der Waals surface area (Å²) >= 11 is 5.71. The van der Waals surface area contributed by atoms with E-state index in [1.54, 1.807) is 0 Å². The van der Waals surface area contributed by atoms with Crippen LogP contribution in [0, 0.1) is 5.82 Å². The molecule has 0 fully saturated rings. The summed E-state index contributed by atoms with van der Waals surface area (Å²) in [4.78, 5) is 23.4. The van der Waals surface area contributed by atoms with Crippen molar-refractivity contribution >= 4 is 29.4 Å². The van der Waals surface area contributed by atoms with Crippen LogP contribution in [0.4, 0.5) is 14.9 Å². The van der Waals surface area contributed by atoms with E-state index in [4.69, 9.17) is 21.4 Å². The monoisotopic (exact) mass is 411 g/mol. The summed E-state index contributed by atoms with van der Waals surface area (Å²) in [5, 5.41) is 11.0. The molecule has 0 aliphatic heterocycles. The maximum absolute atomic E-state index is 13.7. The van der Waals surface area contributed by atoms with Gasteiger partial charge in [-0.05, 0) is 34.4 Å². The zero-order chi connectivity index (χ0) is 20.5. The van der Waals surface area contributed by atoms with Gasteiger partial charge in [0.25, 0.3) is 0 Å². The minimum Gasteiger partial charge on any atom is -0.478 e. The summed E-state index contributed by atoms with van der Waals surface area (Å²) in [5.41, 5.74) is 3.75. The number of carbonyl (C=O) groups excluding carboxylic acids is 1. The van der Waals surface area contributed by atoms with E-state index < -0.39 is 28.5 Å². The Balaban J connectivity index is 1.51. The van der Waals surface area contributed by atoms with Gasteiger partial charge in [-0.1, -0.05) is 60.1 Å². The molecule has 0 saturated carbocycles. The van der Waals surface area contributed by atoms with Crippen LogP contribution < -0.4 is 5.32 Å². The Morgan fingerprint density at radius 1 is 1.03 bits per heavy atom. The number of aromatic carboxylic acids is 1. The van der Waals surface area contributed by atoms with Crippen LogP contribution in [0.25, 0.3) is 11.1 Å². The predicted octanol–water partition coefficient (Wildman–Crippen LogP) is 5.54. The van der Waals surface area contributed by atoms with E-state index in [9.17, 15) is 14.0 Å². The van der Waals surface area contributed by atoms with Gasteiger partial charge in [-0.15, -0.1) is 0 Å². The van der Waals surface area contributed by atoms with Gasteiger partial charge in [-0.3, -0.25) is 5.32 Å². The molecular formula is C22H15ClFNO4. The van der Waals surface area contributed by atoms with Gasteiger partial charge >= 0.3 is 12.1 Å². The number of rotatable bonds is 4. The van der Waals surface area contributed by atoms with Crippen LogP contribution in [0.5, 0.6) is 0 Å². The topological polar surface area (TPSA) is 75.6 Å². The molecule has 5 nitrogen and oxygen atoms in total. The van der Waals surface area contributed by atoms with Crippen molar-refractivity contribution in [3.63, 3.8) is 0 Å². The molecule has 0 bridgehead atoms. The normalized spacial score (nSPS) is 12.2. The van der Waals surface area contributed by atoms with Crippen LogP contribution in [0.15, 0.2) is 60.7 Å². The predicted molar refractivity (Wildman–Crippen MR) is 107 cm³/mol. The Labute approximate surface area is 170 Å². The third-order valence-electron chi connectivity index (χ3n) is 4.85. The molecule has 0 spiro atoms. The number of carboxylic acid groups (broad SMARTS) is 1. The van der Waals surface area contributed by atoms with Crippen molar-refractivity contribution in [2.24, 2.45) is 0 Å². The molecule has 4 rings (SSSR count). The fraction of sp³-hybridized carbons (Fsp3) is 0.0909. The molecule has 0 heterocycles. The highest BCUT2D eigenvalue weighted by atomic mass is 35.5. The molecule has 3 aromatic carbocycles. The lowest BCUT2D eigenvalue weighted by Gasteiger charge is -2.15. The summed E-state index contributed by atoms with van der Waals surface area (Å²) in [5.74, 6) is -2.66. The molecule has 0 radical (unpaired) electrons. The first kappa shape index (κ1) is 19.0. The lowest BCUT2D eigenvalue weighted by Crippen LogP contribution is -2.18. The first-order chi connectivity index (χ1) is 14.0. The van der Waals surface area contributed by atoms with Crippen LogP contribution in [0.2, 0.25) is 5.02 Å². The number of amides is 1. The summed E-state index contributed by atoms with van der Waals surface area (Å²) in [6.45, 7) is 0.0978. The molecule has 1 aliphatic carbocycles. The fourth-order valence-corrected chi connectivity index (χ4v) is 3.79. The van der Waals surface area contributed by atoms with Gasteiger partial charge in [-0.2, -0.15) is 0 Å². The number of halogens is 2. The second-order valence-corrected chi connectivity index (χ2v) is 6.98. The lowest BCUT2D eigenvalue weighted by molar-refractivity contribution is 0.0691. The maximum Gasteiger partial charge on any atom is 0.411 e. The van der Waals surface area contributed by atoms with Gasteiger partial charge in [0, 0.05) is 11.6 Å². The summed E-state index contributed by atoms with van der Waals surface area (Å²) in [6, 6.07) is 18.0. The quantitative estimate of drug-likeness (QED) is 0.591. The van der Waals surface area contributed by atoms with E-state index in [-0.39, 0.29) is 18.2 Å². The number of ether oxygens (including phenoxy) is 1. The molecule has 3 aromatic rings. The third kappa shape index (κ3) is 3.54. The SMILES string of the molecule is O=C(Nc1cc(Cl)c(F)c(C(=O)O)c1)OCC1c2ccccc2-c2ccccc21. The van der Waals surface area contributed by atoms with E-state index in [1.165, 1.54) is 0 Å². The van der Waals surface area contributed by atoms with Crippen molar-refractivity contribution in [2.75, 3.05) is 11.9 Å². The number of hydrogen-bond donors (Lipinski definition) is 2. The molecule has 0 aromatic heterocycles. The molecule has 1 amide bonds. The molecule has 29 heavy (non-hydrogen) atoms. The number of nitrogens with one attached hydrogen (secondary N) is 1. The zero-order valence-electron chi connectivity index (χ0n) is 15.0. The van der Waals surface area contributed by atoms with Crippen molar-refractivity contribution in [3.8, 4) is 11.1 Å². The minimum absolute atomic E-state index is 0.0334. The smallest absolute Gasteiger partial charge is 0.411 e. The van der Waals surface area contributed by atoms with E-state index >= 15 is 0 Å². The number of fused-ring (bicyclic) bond motifs is 3. The zero-order valence-corrected chi connectivity index (χ0v) is 15.7. The summed E-state index contributed by atoms with van der Waals surface area (Å²) < 4.78 is 19.1. The van der Waals surface area contributed by atoms with Crippen LogP contribution in [0.3, 0.4) is 0 Å². The Kier molecular flexibility index (Phi) is 4.94. The van der Waals surface area contributed by atoms with Crippen molar-refractivity contribution in [3.05, 3.63) is 88.2 Å². The number of carboxylic acids is 1. The molecule has 0 saturated heterocycles. The highest BCUT2D eigenvalue weighted by Crippen LogP contribution is 2.44. The first-order valence-electron chi connectivity index (χ1n) is 8.80. The van der Waals surface area contributed by atoms with Crippen LogP contribution in [-0.2, 0) is 4.74 Å². The van der Waals surface area contributed by atoms with Gasteiger partial charge in [0.05, 0.1) is 10.6 Å². The van der Waals surface area contributed by atoms with Crippen molar-refractivity contribution in [2.45, 2.75) is 5.92 Å². The van der Waals surface area contributed by atoms with Crippen LogP contribution in [-0.4, -0.2) is 23.8 Å². The van der Waals surface area contributed by atoms with Gasteiger partial charge in [0.1, 0.15) is 6.61 Å². The Bertz CT molecular complexity index is 1090. The van der Waals surface area contributed by atoms with Gasteiger partial charge in [0.15, 0.2) is 5.82 Å². The molecule has 2 N–H and O–H groups in total. The second kappa shape index (κ2) is 7.56. The average Bonchev–Trinajstić information content (AvgIpc) is 3.03. The van der Waals surface area contributed by atoms with E-state index in [0.29, 0.717) is 0 Å². The fourth-order valence-electron chi connectivity index (χ4n) is 3.57. The largest absolute Gasteiger partial charge is 0.478 e. The molecule has 146 valence electrons. The highest BCUT2D eigenvalue weighted by molar-refractivity contribution is 6.31. The molecule has 7 heteroatoms. The van der Waals surface area contributed by atoms with Crippen molar-refractivity contribution in [1.82, 2.24) is 0 Å². The molecule has 1 aliphatic rings. The maximum atomic E-state index is 13.7. The second-order valence-electron chi connectivity index (χ2n) is 6.58. The third-order valence-corrected chi connectivity index (χ3v) is 5.12. The molecular weight excluding hydrogens is 397 g/mol. The Morgan fingerprint density at radius 3 is 2.21 bits per heavy atom. The number of hydrogen-bond acceptors (Lipinski definition) is 3. The van der Waals surface area contributed by atoms with Gasteiger partial charge in [0.2, 0.25) is 0 Å². The molecule has 0 atom stereocenters. The van der Waals surface area contributed by atoms with E-state index in [1.807, 2.05) is 48.5 Å².